The number of ether oxygens (including phenoxy) is 2. The number of rotatable bonds is 4. The van der Waals surface area contributed by atoms with Crippen LogP contribution in [-0.2, 0) is 15.2 Å². The summed E-state index contributed by atoms with van der Waals surface area (Å²) in [7, 11) is -3.07. The van der Waals surface area contributed by atoms with Gasteiger partial charge in [-0.3, -0.25) is 4.79 Å². The van der Waals surface area contributed by atoms with E-state index in [1.165, 1.54) is 0 Å². The number of piperidine rings is 1. The van der Waals surface area contributed by atoms with E-state index >= 15 is 0 Å². The zero-order valence-corrected chi connectivity index (χ0v) is 17.1. The first kappa shape index (κ1) is 25.5. The van der Waals surface area contributed by atoms with E-state index in [0.717, 1.165) is 6.42 Å². The molecule has 1 aromatic rings. The summed E-state index contributed by atoms with van der Waals surface area (Å²) in [6, 6.07) is 1.21. The molecule has 30 heavy (non-hydrogen) atoms. The molecule has 1 unspecified atom stereocenters. The molecule has 1 saturated heterocycles. The number of likely N-dealkylation sites (tertiary alicyclic amines) is 1. The van der Waals surface area contributed by atoms with Crippen LogP contribution in [0.25, 0.3) is 0 Å². The standard InChI is InChI=1S/C18H22F2N2O6S.CH4/c1-18(2,3)28-17(24)22-6-4-5-11(9-22)10-27-15-8-13(19)12(7-14(15)20)16(23)21-29(25)26;/h7-8,11H,4-6,9-10H2,1-3H3;1H4. The molecule has 1 aromatic carbocycles. The van der Waals surface area contributed by atoms with Crippen molar-refractivity contribution in [1.82, 2.24) is 4.90 Å². The van der Waals surface area contributed by atoms with Crippen molar-refractivity contribution in [2.75, 3.05) is 19.7 Å². The molecular weight excluding hydrogens is 422 g/mol. The van der Waals surface area contributed by atoms with Crippen molar-refractivity contribution >= 4 is 22.5 Å². The Morgan fingerprint density at radius 3 is 2.50 bits per heavy atom. The van der Waals surface area contributed by atoms with Gasteiger partial charge in [-0.15, -0.1) is 0 Å². The second-order valence-electron chi connectivity index (χ2n) is 7.62. The van der Waals surface area contributed by atoms with E-state index in [-0.39, 0.29) is 20.0 Å². The van der Waals surface area contributed by atoms with Gasteiger partial charge in [-0.2, -0.15) is 8.42 Å². The number of nitrogens with zero attached hydrogens (tertiary/aromatic N) is 2. The molecule has 1 heterocycles. The van der Waals surface area contributed by atoms with Crippen molar-refractivity contribution in [3.8, 4) is 5.75 Å². The maximum Gasteiger partial charge on any atom is 0.410 e. The maximum absolute atomic E-state index is 14.1. The van der Waals surface area contributed by atoms with Gasteiger partial charge >= 0.3 is 16.6 Å². The summed E-state index contributed by atoms with van der Waals surface area (Å²) in [5, 5.41) is 0. The Bertz CT molecular complexity index is 920. The molecule has 0 N–H and O–H groups in total. The van der Waals surface area contributed by atoms with Gasteiger partial charge in [0.2, 0.25) is 0 Å². The van der Waals surface area contributed by atoms with Crippen LogP contribution in [0.2, 0.25) is 0 Å². The van der Waals surface area contributed by atoms with Gasteiger partial charge in [-0.1, -0.05) is 11.8 Å². The molecular formula is C19H26F2N2O6S. The van der Waals surface area contributed by atoms with E-state index in [1.807, 2.05) is 0 Å². The molecule has 0 radical (unpaired) electrons. The Balaban J connectivity index is 0.00000450. The van der Waals surface area contributed by atoms with Gasteiger partial charge < -0.3 is 14.4 Å². The third-order valence-electron chi connectivity index (χ3n) is 4.05. The van der Waals surface area contributed by atoms with Crippen molar-refractivity contribution in [2.45, 2.75) is 46.6 Å². The Morgan fingerprint density at radius 2 is 1.90 bits per heavy atom. The van der Waals surface area contributed by atoms with Crippen LogP contribution in [0.1, 0.15) is 51.4 Å². The highest BCUT2D eigenvalue weighted by atomic mass is 32.2. The van der Waals surface area contributed by atoms with Crippen LogP contribution in [0.4, 0.5) is 13.6 Å². The molecule has 0 aromatic heterocycles. The summed E-state index contributed by atoms with van der Waals surface area (Å²) in [4.78, 5) is 25.2. The van der Waals surface area contributed by atoms with Crippen LogP contribution in [0.5, 0.6) is 5.75 Å². The van der Waals surface area contributed by atoms with E-state index in [2.05, 4.69) is 4.36 Å². The lowest BCUT2D eigenvalue weighted by Crippen LogP contribution is -2.44. The van der Waals surface area contributed by atoms with E-state index in [4.69, 9.17) is 9.47 Å². The van der Waals surface area contributed by atoms with Gasteiger partial charge in [0.05, 0.1) is 12.2 Å². The second kappa shape index (κ2) is 10.5. The van der Waals surface area contributed by atoms with Crippen LogP contribution < -0.4 is 4.74 Å². The lowest BCUT2D eigenvalue weighted by Gasteiger charge is -2.34. The van der Waals surface area contributed by atoms with Gasteiger partial charge in [0, 0.05) is 25.1 Å². The Hall–Kier alpha value is -2.56. The molecule has 1 aliphatic rings. The fourth-order valence-electron chi connectivity index (χ4n) is 2.82. The molecule has 8 nitrogen and oxygen atoms in total. The van der Waals surface area contributed by atoms with Crippen molar-refractivity contribution in [2.24, 2.45) is 10.3 Å². The molecule has 1 fully saturated rings. The summed E-state index contributed by atoms with van der Waals surface area (Å²) in [6.45, 7) is 6.22. The number of hydrogen-bond donors (Lipinski definition) is 0. The largest absolute Gasteiger partial charge is 0.490 e. The highest BCUT2D eigenvalue weighted by Crippen LogP contribution is 2.25. The molecule has 1 aliphatic heterocycles. The zero-order valence-electron chi connectivity index (χ0n) is 16.3. The summed E-state index contributed by atoms with van der Waals surface area (Å²) < 4.78 is 62.3. The second-order valence-corrected chi connectivity index (χ2v) is 8.24. The molecule has 2 amide bonds. The quantitative estimate of drug-likeness (QED) is 0.694. The van der Waals surface area contributed by atoms with Gasteiger partial charge in [-0.25, -0.2) is 13.6 Å². The zero-order chi connectivity index (χ0) is 21.8. The van der Waals surface area contributed by atoms with Crippen molar-refractivity contribution in [3.05, 3.63) is 29.3 Å². The Kier molecular flexibility index (Phi) is 8.89. The summed E-state index contributed by atoms with van der Waals surface area (Å²) in [6.07, 6.45) is 1.00. The van der Waals surface area contributed by atoms with E-state index in [9.17, 15) is 26.8 Å². The number of halogens is 2. The molecule has 0 saturated carbocycles. The van der Waals surface area contributed by atoms with Crippen molar-refractivity contribution in [1.29, 1.82) is 0 Å². The minimum atomic E-state index is -3.07. The van der Waals surface area contributed by atoms with Crippen LogP contribution in [0, 0.1) is 17.6 Å². The smallest absolute Gasteiger partial charge is 0.410 e. The first-order chi connectivity index (χ1) is 13.5. The van der Waals surface area contributed by atoms with Crippen LogP contribution in [0.3, 0.4) is 0 Å². The maximum atomic E-state index is 14.1. The predicted molar refractivity (Wildman–Crippen MR) is 105 cm³/mol. The minimum absolute atomic E-state index is 0. The van der Waals surface area contributed by atoms with Crippen molar-refractivity contribution < 1.29 is 36.3 Å². The van der Waals surface area contributed by atoms with E-state index < -0.39 is 51.0 Å². The highest BCUT2D eigenvalue weighted by Gasteiger charge is 2.28. The lowest BCUT2D eigenvalue weighted by molar-refractivity contribution is 0.0138. The van der Waals surface area contributed by atoms with Gasteiger partial charge in [0.15, 0.2) is 11.6 Å². The molecule has 11 heteroatoms. The number of benzene rings is 1. The average Bonchev–Trinajstić information content (AvgIpc) is 2.60. The van der Waals surface area contributed by atoms with E-state index in [1.54, 1.807) is 25.7 Å². The van der Waals surface area contributed by atoms with Crippen LogP contribution in [-0.4, -0.2) is 50.6 Å². The molecule has 0 bridgehead atoms. The van der Waals surface area contributed by atoms with E-state index in [0.29, 0.717) is 31.6 Å². The Labute approximate surface area is 175 Å². The first-order valence-corrected chi connectivity index (χ1v) is 9.94. The Morgan fingerprint density at radius 1 is 1.23 bits per heavy atom. The SMILES string of the molecule is C.CC(C)(C)OC(=O)N1CCCC(COc2cc(F)c(C(=O)N=S(=O)=O)cc2F)C1. The number of amides is 2. The summed E-state index contributed by atoms with van der Waals surface area (Å²) in [5.74, 6) is -4.13. The van der Waals surface area contributed by atoms with Gasteiger partial charge in [0.25, 0.3) is 5.91 Å². The summed E-state index contributed by atoms with van der Waals surface area (Å²) >= 11 is 0. The van der Waals surface area contributed by atoms with Crippen LogP contribution >= 0.6 is 0 Å². The fraction of sp³-hybridized carbons (Fsp3) is 0.579. The molecule has 1 atom stereocenters. The number of carbonyl (C=O) groups excluding carboxylic acids is 2. The molecule has 0 spiro atoms. The first-order valence-electron chi connectivity index (χ1n) is 8.91. The topological polar surface area (TPSA) is 102 Å². The lowest BCUT2D eigenvalue weighted by atomic mass is 9.99. The average molecular weight is 448 g/mol. The van der Waals surface area contributed by atoms with Crippen molar-refractivity contribution in [3.63, 3.8) is 0 Å². The highest BCUT2D eigenvalue weighted by molar-refractivity contribution is 7.62. The van der Waals surface area contributed by atoms with Gasteiger partial charge in [0.1, 0.15) is 11.4 Å². The molecule has 168 valence electrons. The predicted octanol–water partition coefficient (Wildman–Crippen LogP) is 3.83. The molecule has 2 rings (SSSR count). The summed E-state index contributed by atoms with van der Waals surface area (Å²) in [5.41, 5.74) is -1.43. The normalized spacial score (nSPS) is 16.3. The minimum Gasteiger partial charge on any atom is -0.490 e. The molecule has 0 aliphatic carbocycles. The third-order valence-corrected chi connectivity index (χ3v) is 4.37. The monoisotopic (exact) mass is 448 g/mol. The number of carbonyl (C=O) groups is 2. The van der Waals surface area contributed by atoms with Crippen LogP contribution in [0.15, 0.2) is 16.5 Å². The number of hydrogen-bond acceptors (Lipinski definition) is 6. The third kappa shape index (κ3) is 7.36. The van der Waals surface area contributed by atoms with Gasteiger partial charge in [-0.05, 0) is 39.7 Å². The fourth-order valence-corrected chi connectivity index (χ4v) is 3.05.